The SMILES string of the molecule is Cc1nc(-c2cccc(C3CN4C=CC=CC4=N3)c2)no1. The fourth-order valence-corrected chi connectivity index (χ4v) is 2.61. The topological polar surface area (TPSA) is 54.5 Å². The molecule has 0 N–H and O–H groups in total. The van der Waals surface area contributed by atoms with E-state index in [1.165, 1.54) is 5.56 Å². The molecule has 2 aromatic rings. The molecule has 3 heterocycles. The van der Waals surface area contributed by atoms with E-state index in [1.807, 2.05) is 30.4 Å². The van der Waals surface area contributed by atoms with Crippen molar-refractivity contribution in [3.8, 4) is 11.4 Å². The summed E-state index contributed by atoms with van der Waals surface area (Å²) in [6, 6.07) is 8.32. The first kappa shape index (κ1) is 12.1. The van der Waals surface area contributed by atoms with Crippen molar-refractivity contribution < 1.29 is 4.52 Å². The molecule has 5 nitrogen and oxygen atoms in total. The van der Waals surface area contributed by atoms with E-state index in [0.29, 0.717) is 11.7 Å². The van der Waals surface area contributed by atoms with Crippen molar-refractivity contribution in [1.82, 2.24) is 15.0 Å². The first-order valence-corrected chi connectivity index (χ1v) is 6.89. The lowest BCUT2D eigenvalue weighted by Gasteiger charge is -2.16. The van der Waals surface area contributed by atoms with Crippen LogP contribution < -0.4 is 0 Å². The third-order valence-corrected chi connectivity index (χ3v) is 3.63. The van der Waals surface area contributed by atoms with Crippen LogP contribution in [0.5, 0.6) is 0 Å². The lowest BCUT2D eigenvalue weighted by atomic mass is 10.0. The molecule has 0 bridgehead atoms. The number of benzene rings is 1. The monoisotopic (exact) mass is 278 g/mol. The number of allylic oxidation sites excluding steroid dienone is 2. The molecule has 0 radical (unpaired) electrons. The second-order valence-electron chi connectivity index (χ2n) is 5.12. The summed E-state index contributed by atoms with van der Waals surface area (Å²) in [5.41, 5.74) is 2.12. The van der Waals surface area contributed by atoms with Crippen LogP contribution in [-0.4, -0.2) is 27.4 Å². The summed E-state index contributed by atoms with van der Waals surface area (Å²) in [4.78, 5) is 11.2. The lowest BCUT2D eigenvalue weighted by molar-refractivity contribution is 0.394. The second-order valence-corrected chi connectivity index (χ2v) is 5.12. The highest BCUT2D eigenvalue weighted by Crippen LogP contribution is 2.29. The van der Waals surface area contributed by atoms with Crippen LogP contribution in [0.3, 0.4) is 0 Å². The Balaban J connectivity index is 1.66. The Kier molecular flexibility index (Phi) is 2.70. The summed E-state index contributed by atoms with van der Waals surface area (Å²) in [5, 5.41) is 3.97. The number of hydrogen-bond acceptors (Lipinski definition) is 5. The number of hydrogen-bond donors (Lipinski definition) is 0. The molecular weight excluding hydrogens is 264 g/mol. The zero-order chi connectivity index (χ0) is 14.2. The minimum atomic E-state index is 0.139. The molecule has 0 saturated carbocycles. The third kappa shape index (κ3) is 2.16. The zero-order valence-corrected chi connectivity index (χ0v) is 11.6. The van der Waals surface area contributed by atoms with Crippen molar-refractivity contribution in [2.45, 2.75) is 13.0 Å². The fourth-order valence-electron chi connectivity index (χ4n) is 2.61. The molecule has 1 aromatic heterocycles. The lowest BCUT2D eigenvalue weighted by Crippen LogP contribution is -2.21. The van der Waals surface area contributed by atoms with E-state index in [0.717, 1.165) is 17.9 Å². The van der Waals surface area contributed by atoms with Gasteiger partial charge in [-0.2, -0.15) is 4.98 Å². The summed E-state index contributed by atoms with van der Waals surface area (Å²) in [6.45, 7) is 2.66. The van der Waals surface area contributed by atoms with E-state index in [2.05, 4.69) is 33.4 Å². The fraction of sp³-hybridized carbons (Fsp3) is 0.188. The molecule has 2 aliphatic heterocycles. The van der Waals surface area contributed by atoms with Crippen LogP contribution in [0, 0.1) is 6.92 Å². The zero-order valence-electron chi connectivity index (χ0n) is 11.6. The number of aromatic nitrogens is 2. The minimum Gasteiger partial charge on any atom is -0.339 e. The van der Waals surface area contributed by atoms with Gasteiger partial charge < -0.3 is 9.42 Å². The van der Waals surface area contributed by atoms with Gasteiger partial charge in [-0.15, -0.1) is 0 Å². The van der Waals surface area contributed by atoms with Crippen molar-refractivity contribution in [3.05, 3.63) is 60.1 Å². The minimum absolute atomic E-state index is 0.139. The van der Waals surface area contributed by atoms with Gasteiger partial charge in [0.05, 0.1) is 12.6 Å². The van der Waals surface area contributed by atoms with Crippen LogP contribution in [-0.2, 0) is 0 Å². The van der Waals surface area contributed by atoms with Gasteiger partial charge in [0.25, 0.3) is 0 Å². The van der Waals surface area contributed by atoms with E-state index in [1.54, 1.807) is 6.92 Å². The summed E-state index contributed by atoms with van der Waals surface area (Å²) in [5.74, 6) is 2.21. The summed E-state index contributed by atoms with van der Waals surface area (Å²) in [6.07, 6.45) is 8.13. The Hall–Kier alpha value is -2.69. The second kappa shape index (κ2) is 4.70. The number of amidine groups is 1. The Morgan fingerprint density at radius 1 is 1.29 bits per heavy atom. The number of aliphatic imine (C=N–C) groups is 1. The largest absolute Gasteiger partial charge is 0.339 e. The Labute approximate surface area is 122 Å². The molecule has 104 valence electrons. The van der Waals surface area contributed by atoms with E-state index in [-0.39, 0.29) is 6.04 Å². The normalized spacial score (nSPS) is 19.8. The molecule has 0 spiro atoms. The summed E-state index contributed by atoms with van der Waals surface area (Å²) in [7, 11) is 0. The van der Waals surface area contributed by atoms with Gasteiger partial charge in [-0.05, 0) is 23.8 Å². The molecule has 0 fully saturated rings. The van der Waals surface area contributed by atoms with Crippen molar-refractivity contribution in [2.24, 2.45) is 4.99 Å². The molecule has 2 aliphatic rings. The van der Waals surface area contributed by atoms with Gasteiger partial charge in [-0.1, -0.05) is 29.4 Å². The highest BCUT2D eigenvalue weighted by atomic mass is 16.5. The maximum atomic E-state index is 5.05. The highest BCUT2D eigenvalue weighted by molar-refractivity contribution is 5.96. The van der Waals surface area contributed by atoms with Gasteiger partial charge in [-0.3, -0.25) is 4.99 Å². The Bertz CT molecular complexity index is 772. The van der Waals surface area contributed by atoms with E-state index in [9.17, 15) is 0 Å². The molecule has 1 atom stereocenters. The van der Waals surface area contributed by atoms with Crippen molar-refractivity contribution >= 4 is 5.84 Å². The number of fused-ring (bicyclic) bond motifs is 1. The van der Waals surface area contributed by atoms with E-state index >= 15 is 0 Å². The van der Waals surface area contributed by atoms with Gasteiger partial charge in [0.15, 0.2) is 0 Å². The van der Waals surface area contributed by atoms with Crippen LogP contribution in [0.15, 0.2) is 58.2 Å². The van der Waals surface area contributed by atoms with Crippen molar-refractivity contribution in [3.63, 3.8) is 0 Å². The average Bonchev–Trinajstić information content (AvgIpc) is 3.13. The van der Waals surface area contributed by atoms with Gasteiger partial charge in [-0.25, -0.2) is 0 Å². The molecule has 5 heteroatoms. The first-order chi connectivity index (χ1) is 10.3. The third-order valence-electron chi connectivity index (χ3n) is 3.63. The number of nitrogens with zero attached hydrogens (tertiary/aromatic N) is 4. The first-order valence-electron chi connectivity index (χ1n) is 6.89. The molecule has 4 rings (SSSR count). The summed E-state index contributed by atoms with van der Waals surface area (Å²) >= 11 is 0. The van der Waals surface area contributed by atoms with Crippen LogP contribution in [0.2, 0.25) is 0 Å². The van der Waals surface area contributed by atoms with Crippen LogP contribution in [0.25, 0.3) is 11.4 Å². The molecule has 1 unspecified atom stereocenters. The van der Waals surface area contributed by atoms with Crippen LogP contribution in [0.1, 0.15) is 17.5 Å². The van der Waals surface area contributed by atoms with Gasteiger partial charge in [0, 0.05) is 18.7 Å². The number of aryl methyl sites for hydroxylation is 1. The molecular formula is C16H14N4O. The molecule has 21 heavy (non-hydrogen) atoms. The van der Waals surface area contributed by atoms with Gasteiger partial charge in [0.2, 0.25) is 11.7 Å². The van der Waals surface area contributed by atoms with E-state index < -0.39 is 0 Å². The van der Waals surface area contributed by atoms with Gasteiger partial charge >= 0.3 is 0 Å². The smallest absolute Gasteiger partial charge is 0.223 e. The van der Waals surface area contributed by atoms with E-state index in [4.69, 9.17) is 9.52 Å². The summed E-state index contributed by atoms with van der Waals surface area (Å²) < 4.78 is 5.05. The van der Waals surface area contributed by atoms with Crippen LogP contribution in [0.4, 0.5) is 0 Å². The predicted octanol–water partition coefficient (Wildman–Crippen LogP) is 2.88. The van der Waals surface area contributed by atoms with Crippen LogP contribution >= 0.6 is 0 Å². The quantitative estimate of drug-likeness (QED) is 0.847. The van der Waals surface area contributed by atoms with Gasteiger partial charge in [0.1, 0.15) is 5.84 Å². The van der Waals surface area contributed by atoms with Crippen molar-refractivity contribution in [2.75, 3.05) is 6.54 Å². The average molecular weight is 278 g/mol. The molecule has 0 aliphatic carbocycles. The Morgan fingerprint density at radius 3 is 3.05 bits per heavy atom. The maximum absolute atomic E-state index is 5.05. The highest BCUT2D eigenvalue weighted by Gasteiger charge is 2.24. The standard InChI is InChI=1S/C16H14N4O/c1-11-17-16(19-21-11)13-6-4-5-12(9-13)14-10-20-8-3-2-7-15(20)18-14/h2-9,14H,10H2,1H3. The van der Waals surface area contributed by atoms with Crippen molar-refractivity contribution in [1.29, 1.82) is 0 Å². The Morgan fingerprint density at radius 2 is 2.24 bits per heavy atom. The number of rotatable bonds is 2. The molecule has 0 saturated heterocycles. The molecule has 0 amide bonds. The maximum Gasteiger partial charge on any atom is 0.223 e. The predicted molar refractivity (Wildman–Crippen MR) is 79.6 cm³/mol. The molecule has 1 aromatic carbocycles.